The van der Waals surface area contributed by atoms with Crippen LogP contribution in [0.5, 0.6) is 0 Å². The Balaban J connectivity index is 1.98. The molecule has 0 spiro atoms. The lowest BCUT2D eigenvalue weighted by molar-refractivity contribution is 0.318. The van der Waals surface area contributed by atoms with Crippen LogP contribution in [0.1, 0.15) is 16.0 Å². The number of thioether (sulfide) groups is 1. The first-order valence-electron chi connectivity index (χ1n) is 8.65. The number of thiophene rings is 1. The fourth-order valence-electron chi connectivity index (χ4n) is 3.38. The molecule has 1 N–H and O–H groups in total. The molecule has 1 aromatic carbocycles. The number of likely N-dealkylation sites (N-methyl/N-ethyl adjacent to an activating group) is 1. The maximum atomic E-state index is 13.5. The molecule has 136 valence electrons. The summed E-state index contributed by atoms with van der Waals surface area (Å²) in [5.74, 6) is 0.511. The summed E-state index contributed by atoms with van der Waals surface area (Å²) >= 11 is 3.05. The molecule has 1 aliphatic heterocycles. The molecule has 0 bridgehead atoms. The molecule has 7 heteroatoms. The number of rotatable bonds is 4. The predicted octanol–water partition coefficient (Wildman–Crippen LogP) is 2.83. The van der Waals surface area contributed by atoms with Gasteiger partial charge in [0.1, 0.15) is 4.83 Å². The van der Waals surface area contributed by atoms with E-state index in [1.54, 1.807) is 15.9 Å². The highest BCUT2D eigenvalue weighted by atomic mass is 32.2. The molecule has 3 heterocycles. The van der Waals surface area contributed by atoms with Crippen molar-refractivity contribution in [1.29, 1.82) is 0 Å². The second-order valence-electron chi connectivity index (χ2n) is 6.62. The minimum atomic E-state index is 0.00286. The minimum absolute atomic E-state index is 0.00286. The number of aliphatic hydroxyl groups excluding tert-OH is 1. The summed E-state index contributed by atoms with van der Waals surface area (Å²) in [6.45, 7) is 3.91. The van der Waals surface area contributed by atoms with Crippen molar-refractivity contribution in [2.24, 2.45) is 0 Å². The number of aryl methyl sites for hydroxylation is 1. The van der Waals surface area contributed by atoms with Crippen LogP contribution < -0.4 is 5.56 Å². The molecule has 0 unspecified atom stereocenters. The highest BCUT2D eigenvalue weighted by Gasteiger charge is 2.24. The van der Waals surface area contributed by atoms with E-state index in [4.69, 9.17) is 4.98 Å². The van der Waals surface area contributed by atoms with Crippen molar-refractivity contribution in [3.8, 4) is 5.69 Å². The molecule has 0 fully saturated rings. The van der Waals surface area contributed by atoms with Crippen LogP contribution in [0.15, 0.2) is 34.2 Å². The minimum Gasteiger partial charge on any atom is -0.396 e. The van der Waals surface area contributed by atoms with E-state index in [9.17, 15) is 9.90 Å². The first-order valence-corrected chi connectivity index (χ1v) is 10.4. The zero-order valence-corrected chi connectivity index (χ0v) is 16.5. The van der Waals surface area contributed by atoms with Crippen molar-refractivity contribution in [2.75, 3.05) is 26.0 Å². The molecule has 0 amide bonds. The maximum absolute atomic E-state index is 13.5. The first kappa shape index (κ1) is 17.7. The van der Waals surface area contributed by atoms with E-state index >= 15 is 0 Å². The Morgan fingerprint density at radius 3 is 3.00 bits per heavy atom. The van der Waals surface area contributed by atoms with Crippen LogP contribution in [0.3, 0.4) is 0 Å². The molecule has 5 nitrogen and oxygen atoms in total. The number of hydrogen-bond donors (Lipinski definition) is 1. The Labute approximate surface area is 160 Å². The quantitative estimate of drug-likeness (QED) is 0.551. The van der Waals surface area contributed by atoms with Gasteiger partial charge < -0.3 is 10.0 Å². The Morgan fingerprint density at radius 2 is 2.23 bits per heavy atom. The topological polar surface area (TPSA) is 58.4 Å². The van der Waals surface area contributed by atoms with Crippen LogP contribution in [0.25, 0.3) is 15.9 Å². The van der Waals surface area contributed by atoms with Crippen molar-refractivity contribution >= 4 is 33.3 Å². The summed E-state index contributed by atoms with van der Waals surface area (Å²) in [7, 11) is 2.11. The van der Waals surface area contributed by atoms with E-state index in [0.717, 1.165) is 41.0 Å². The zero-order chi connectivity index (χ0) is 18.3. The lowest BCUT2D eigenvalue weighted by Gasteiger charge is -2.21. The lowest BCUT2D eigenvalue weighted by Crippen LogP contribution is -2.27. The van der Waals surface area contributed by atoms with Crippen molar-refractivity contribution in [3.63, 3.8) is 0 Å². The fourth-order valence-corrected chi connectivity index (χ4v) is 5.48. The van der Waals surface area contributed by atoms with Crippen molar-refractivity contribution in [2.45, 2.75) is 25.0 Å². The zero-order valence-electron chi connectivity index (χ0n) is 14.9. The number of fused-ring (bicyclic) bond motifs is 3. The van der Waals surface area contributed by atoms with Gasteiger partial charge in [-0.25, -0.2) is 4.98 Å². The standard InChI is InChI=1S/C19H21N3O2S2/c1-12-4-3-5-13(10-12)22-18(24)16-14-6-7-21(2)11-15(14)26-17(16)20-19(22)25-9-8-23/h3-5,10,23H,6-9,11H2,1-2H3. The average Bonchev–Trinajstić information content (AvgIpc) is 2.97. The van der Waals surface area contributed by atoms with E-state index in [1.807, 2.05) is 31.2 Å². The summed E-state index contributed by atoms with van der Waals surface area (Å²) < 4.78 is 1.71. The largest absolute Gasteiger partial charge is 0.396 e. The summed E-state index contributed by atoms with van der Waals surface area (Å²) in [6.07, 6.45) is 0.889. The Morgan fingerprint density at radius 1 is 1.38 bits per heavy atom. The predicted molar refractivity (Wildman–Crippen MR) is 108 cm³/mol. The van der Waals surface area contributed by atoms with E-state index in [0.29, 0.717) is 10.9 Å². The number of hydrogen-bond acceptors (Lipinski definition) is 6. The van der Waals surface area contributed by atoms with Gasteiger partial charge in [-0.15, -0.1) is 11.3 Å². The summed E-state index contributed by atoms with van der Waals surface area (Å²) in [5, 5.41) is 10.7. The van der Waals surface area contributed by atoms with Crippen molar-refractivity contribution < 1.29 is 5.11 Å². The maximum Gasteiger partial charge on any atom is 0.267 e. The average molecular weight is 388 g/mol. The highest BCUT2D eigenvalue weighted by molar-refractivity contribution is 7.99. The first-order chi connectivity index (χ1) is 12.6. The molecule has 0 aliphatic carbocycles. The monoisotopic (exact) mass is 387 g/mol. The number of aliphatic hydroxyl groups is 1. The molecule has 0 atom stereocenters. The molecule has 26 heavy (non-hydrogen) atoms. The van der Waals surface area contributed by atoms with Crippen LogP contribution in [-0.2, 0) is 13.0 Å². The van der Waals surface area contributed by atoms with Gasteiger partial charge in [0.15, 0.2) is 5.16 Å². The van der Waals surface area contributed by atoms with Gasteiger partial charge in [0.2, 0.25) is 0 Å². The van der Waals surface area contributed by atoms with E-state index in [2.05, 4.69) is 11.9 Å². The van der Waals surface area contributed by atoms with Gasteiger partial charge in [-0.2, -0.15) is 0 Å². The smallest absolute Gasteiger partial charge is 0.267 e. The SMILES string of the molecule is Cc1cccc(-n2c(SCCO)nc3sc4c(c3c2=O)CCN(C)C4)c1. The van der Waals surface area contributed by atoms with Crippen molar-refractivity contribution in [3.05, 3.63) is 50.6 Å². The molecular formula is C19H21N3O2S2. The van der Waals surface area contributed by atoms with Crippen LogP contribution in [0.4, 0.5) is 0 Å². The van der Waals surface area contributed by atoms with Gasteiger partial charge in [-0.1, -0.05) is 23.9 Å². The third-order valence-corrected chi connectivity index (χ3v) is 6.65. The summed E-state index contributed by atoms with van der Waals surface area (Å²) in [5.41, 5.74) is 3.10. The van der Waals surface area contributed by atoms with E-state index in [1.165, 1.54) is 22.2 Å². The number of nitrogens with zero attached hydrogens (tertiary/aromatic N) is 3. The van der Waals surface area contributed by atoms with Gasteiger partial charge in [0.05, 0.1) is 17.7 Å². The molecule has 0 saturated carbocycles. The second kappa shape index (κ2) is 7.15. The van der Waals surface area contributed by atoms with Crippen LogP contribution in [-0.4, -0.2) is 45.5 Å². The Kier molecular flexibility index (Phi) is 4.88. The van der Waals surface area contributed by atoms with Gasteiger partial charge >= 0.3 is 0 Å². The van der Waals surface area contributed by atoms with E-state index < -0.39 is 0 Å². The Bertz CT molecular complexity index is 1030. The molecule has 0 radical (unpaired) electrons. The third-order valence-electron chi connectivity index (χ3n) is 4.62. The molecule has 3 aromatic rings. The van der Waals surface area contributed by atoms with Crippen LogP contribution in [0, 0.1) is 6.92 Å². The number of aromatic nitrogens is 2. The van der Waals surface area contributed by atoms with Crippen molar-refractivity contribution in [1.82, 2.24) is 14.5 Å². The van der Waals surface area contributed by atoms with Crippen LogP contribution in [0.2, 0.25) is 0 Å². The van der Waals surface area contributed by atoms with E-state index in [-0.39, 0.29) is 12.2 Å². The van der Waals surface area contributed by atoms with Gasteiger partial charge in [0.25, 0.3) is 5.56 Å². The summed E-state index contributed by atoms with van der Waals surface area (Å²) in [4.78, 5) is 22.6. The van der Waals surface area contributed by atoms with Gasteiger partial charge in [0, 0.05) is 23.7 Å². The molecular weight excluding hydrogens is 366 g/mol. The molecule has 1 aliphatic rings. The summed E-state index contributed by atoms with van der Waals surface area (Å²) in [6, 6.07) is 7.92. The Hall–Kier alpha value is -1.67. The second-order valence-corrected chi connectivity index (χ2v) is 8.76. The molecule has 2 aromatic heterocycles. The van der Waals surface area contributed by atoms with Crippen LogP contribution >= 0.6 is 23.1 Å². The number of benzene rings is 1. The van der Waals surface area contributed by atoms with Gasteiger partial charge in [-0.05, 0) is 43.7 Å². The van der Waals surface area contributed by atoms with Gasteiger partial charge in [-0.3, -0.25) is 9.36 Å². The normalized spacial score (nSPS) is 14.7. The molecule has 0 saturated heterocycles. The third kappa shape index (κ3) is 3.09. The fraction of sp³-hybridized carbons (Fsp3) is 0.368. The highest BCUT2D eigenvalue weighted by Crippen LogP contribution is 2.33. The molecule has 4 rings (SSSR count). The lowest BCUT2D eigenvalue weighted by atomic mass is 10.1.